The predicted octanol–water partition coefficient (Wildman–Crippen LogP) is 0.559. The Morgan fingerprint density at radius 2 is 1.91 bits per heavy atom. The summed E-state index contributed by atoms with van der Waals surface area (Å²) in [7, 11) is 3.06. The minimum atomic E-state index is -1.75. The summed E-state index contributed by atoms with van der Waals surface area (Å²) in [6.45, 7) is 3.70. The van der Waals surface area contributed by atoms with Gasteiger partial charge < -0.3 is 19.1 Å². The summed E-state index contributed by atoms with van der Waals surface area (Å²) < 4.78 is 27.0. The molecule has 3 aliphatic heterocycles. The second-order valence-corrected chi connectivity index (χ2v) is 8.94. The summed E-state index contributed by atoms with van der Waals surface area (Å²) in [4.78, 5) is 53.6. The zero-order chi connectivity index (χ0) is 23.8. The van der Waals surface area contributed by atoms with Crippen molar-refractivity contribution >= 4 is 40.4 Å². The highest BCUT2D eigenvalue weighted by Crippen LogP contribution is 2.49. The van der Waals surface area contributed by atoms with Crippen LogP contribution in [0, 0.1) is 11.2 Å². The first kappa shape index (κ1) is 21.3. The number of barbiturate groups is 1. The van der Waals surface area contributed by atoms with Crippen LogP contribution in [0.3, 0.4) is 0 Å². The third kappa shape index (κ3) is 2.79. The maximum Gasteiger partial charge on any atom is 0.328 e. The Hall–Kier alpha value is -3.54. The highest BCUT2D eigenvalue weighted by molar-refractivity contribution is 6.20. The van der Waals surface area contributed by atoms with E-state index in [0.29, 0.717) is 5.56 Å². The first-order chi connectivity index (χ1) is 15.6. The van der Waals surface area contributed by atoms with E-state index in [1.54, 1.807) is 18.7 Å². The van der Waals surface area contributed by atoms with Crippen LogP contribution in [0.5, 0.6) is 0 Å². The van der Waals surface area contributed by atoms with Crippen LogP contribution < -0.4 is 15.5 Å². The molecule has 33 heavy (non-hydrogen) atoms. The average Bonchev–Trinajstić information content (AvgIpc) is 3.14. The first-order valence-electron chi connectivity index (χ1n) is 10.5. The molecule has 3 aliphatic rings. The molecule has 5 amide bonds. The number of carbonyl (C=O) groups is 4. The number of hydrogen-bond acceptors (Lipinski definition) is 8. The maximum absolute atomic E-state index is 15.9. The molecule has 0 aliphatic carbocycles. The van der Waals surface area contributed by atoms with Gasteiger partial charge in [0, 0.05) is 27.1 Å². The van der Waals surface area contributed by atoms with Gasteiger partial charge in [0.05, 0.1) is 29.3 Å². The minimum Gasteiger partial charge on any atom is -0.372 e. The number of rotatable bonds is 1. The number of anilines is 1. The predicted molar refractivity (Wildman–Crippen MR) is 111 cm³/mol. The van der Waals surface area contributed by atoms with Crippen LogP contribution in [-0.4, -0.2) is 72.7 Å². The Morgan fingerprint density at radius 1 is 1.24 bits per heavy atom. The molecule has 1 aromatic heterocycles. The first-order valence-corrected chi connectivity index (χ1v) is 10.5. The van der Waals surface area contributed by atoms with Gasteiger partial charge in [-0.15, -0.1) is 0 Å². The lowest BCUT2D eigenvalue weighted by Crippen LogP contribution is -2.75. The number of imide groups is 2. The maximum atomic E-state index is 15.9. The summed E-state index contributed by atoms with van der Waals surface area (Å²) in [5.74, 6) is -2.78. The molecule has 5 rings (SSSR count). The number of morpholine rings is 1. The van der Waals surface area contributed by atoms with Crippen molar-refractivity contribution in [1.82, 2.24) is 20.7 Å². The number of halogens is 1. The molecule has 0 unspecified atom stereocenters. The van der Waals surface area contributed by atoms with Crippen LogP contribution in [0.4, 0.5) is 14.9 Å². The number of fused-ring (bicyclic) bond motifs is 5. The summed E-state index contributed by atoms with van der Waals surface area (Å²) in [5.41, 5.74) is -1.52. The van der Waals surface area contributed by atoms with E-state index >= 15 is 4.39 Å². The third-order valence-corrected chi connectivity index (χ3v) is 6.57. The highest BCUT2D eigenvalue weighted by atomic mass is 19.1. The van der Waals surface area contributed by atoms with E-state index in [1.165, 1.54) is 25.1 Å². The summed E-state index contributed by atoms with van der Waals surface area (Å²) in [5, 5.41) is 8.27. The largest absolute Gasteiger partial charge is 0.372 e. The van der Waals surface area contributed by atoms with Gasteiger partial charge >= 0.3 is 6.03 Å². The van der Waals surface area contributed by atoms with Gasteiger partial charge in [-0.1, -0.05) is 5.16 Å². The molecule has 11 nitrogen and oxygen atoms in total. The normalized spacial score (nSPS) is 26.0. The fourth-order valence-corrected chi connectivity index (χ4v) is 5.31. The zero-order valence-electron chi connectivity index (χ0n) is 18.4. The Balaban J connectivity index is 1.77. The fourth-order valence-electron chi connectivity index (χ4n) is 5.31. The molecule has 1 spiro atoms. The average molecular weight is 459 g/mol. The quantitative estimate of drug-likeness (QED) is 0.591. The molecule has 2 saturated heterocycles. The van der Waals surface area contributed by atoms with Crippen molar-refractivity contribution in [3.63, 3.8) is 0 Å². The molecular weight excluding hydrogens is 437 g/mol. The summed E-state index contributed by atoms with van der Waals surface area (Å²) >= 11 is 0. The van der Waals surface area contributed by atoms with Crippen LogP contribution >= 0.6 is 0 Å². The molecule has 2 N–H and O–H groups in total. The van der Waals surface area contributed by atoms with Crippen LogP contribution in [-0.2, 0) is 20.7 Å². The van der Waals surface area contributed by atoms with Crippen molar-refractivity contribution in [3.05, 3.63) is 23.1 Å². The molecule has 174 valence electrons. The highest BCUT2D eigenvalue weighted by Gasteiger charge is 2.63. The van der Waals surface area contributed by atoms with Crippen LogP contribution in [0.15, 0.2) is 10.6 Å². The molecule has 2 aromatic rings. The second kappa shape index (κ2) is 6.98. The molecule has 0 saturated carbocycles. The molecule has 2 fully saturated rings. The van der Waals surface area contributed by atoms with Gasteiger partial charge in [-0.05, 0) is 25.5 Å². The Labute approximate surface area is 187 Å². The number of nitrogens with zero attached hydrogens (tertiary/aromatic N) is 3. The lowest BCUT2D eigenvalue weighted by Gasteiger charge is -2.55. The number of amides is 5. The van der Waals surface area contributed by atoms with E-state index < -0.39 is 47.1 Å². The van der Waals surface area contributed by atoms with Gasteiger partial charge in [0.1, 0.15) is 0 Å². The van der Waals surface area contributed by atoms with Crippen LogP contribution in [0.2, 0.25) is 0 Å². The van der Waals surface area contributed by atoms with E-state index in [4.69, 9.17) is 9.26 Å². The fraction of sp³-hybridized carbons (Fsp3) is 0.476. The van der Waals surface area contributed by atoms with Gasteiger partial charge in [-0.2, -0.15) is 0 Å². The van der Waals surface area contributed by atoms with E-state index in [0.717, 1.165) is 0 Å². The number of aromatic nitrogens is 1. The van der Waals surface area contributed by atoms with Gasteiger partial charge in [-0.3, -0.25) is 25.0 Å². The SMILES string of the molecule is C[C@@H]1CN2c3c(cc4c(C(=O)N(C)C)noc4c3F)CC3(C(=O)NC(=O)NC3=O)[C@H]2[C@H](C)O1. The summed E-state index contributed by atoms with van der Waals surface area (Å²) in [6, 6.07) is -0.266. The summed E-state index contributed by atoms with van der Waals surface area (Å²) in [6.07, 6.45) is -1.17. The van der Waals surface area contributed by atoms with E-state index in [2.05, 4.69) is 15.8 Å². The second-order valence-electron chi connectivity index (χ2n) is 8.94. The van der Waals surface area contributed by atoms with Crippen molar-refractivity contribution in [2.24, 2.45) is 5.41 Å². The Kier molecular flexibility index (Phi) is 4.51. The number of benzene rings is 1. The lowest BCUT2D eigenvalue weighted by atomic mass is 9.66. The number of urea groups is 1. The number of carbonyl (C=O) groups excluding carboxylic acids is 4. The van der Waals surface area contributed by atoms with Crippen LogP contribution in [0.1, 0.15) is 29.9 Å². The van der Waals surface area contributed by atoms with Crippen molar-refractivity contribution in [2.75, 3.05) is 25.5 Å². The lowest BCUT2D eigenvalue weighted by molar-refractivity contribution is -0.153. The molecule has 0 radical (unpaired) electrons. The van der Waals surface area contributed by atoms with Crippen molar-refractivity contribution in [3.8, 4) is 0 Å². The Bertz CT molecular complexity index is 1220. The smallest absolute Gasteiger partial charge is 0.328 e. The molecule has 12 heteroatoms. The van der Waals surface area contributed by atoms with Gasteiger partial charge in [-0.25, -0.2) is 9.18 Å². The van der Waals surface area contributed by atoms with Gasteiger partial charge in [0.2, 0.25) is 17.4 Å². The van der Waals surface area contributed by atoms with Crippen molar-refractivity contribution in [2.45, 2.75) is 38.5 Å². The molecule has 0 bridgehead atoms. The van der Waals surface area contributed by atoms with E-state index in [1.807, 2.05) is 0 Å². The van der Waals surface area contributed by atoms with Gasteiger partial charge in [0.25, 0.3) is 5.91 Å². The molecular formula is C21H22FN5O6. The Morgan fingerprint density at radius 3 is 2.55 bits per heavy atom. The van der Waals surface area contributed by atoms with Crippen LogP contribution in [0.25, 0.3) is 11.0 Å². The topological polar surface area (TPSA) is 134 Å². The van der Waals surface area contributed by atoms with E-state index in [9.17, 15) is 19.2 Å². The van der Waals surface area contributed by atoms with Crippen molar-refractivity contribution < 1.29 is 32.8 Å². The van der Waals surface area contributed by atoms with Crippen molar-refractivity contribution in [1.29, 1.82) is 0 Å². The number of ether oxygens (including phenoxy) is 1. The zero-order valence-corrected chi connectivity index (χ0v) is 18.4. The molecule has 3 atom stereocenters. The molecule has 1 aromatic carbocycles. The standard InChI is InChI=1S/C21H22FN5O6/c1-8-7-27-14-10(5-11-13(17(28)26(3)4)25-33-15(11)12(14)22)6-21(16(27)9(2)32-8)18(29)23-20(31)24-19(21)30/h5,8-9,16H,6-7H2,1-4H3,(H2,23,24,29,30,31)/t8-,9+,16-/m1/s1. The molecule has 4 heterocycles. The minimum absolute atomic E-state index is 0.0793. The van der Waals surface area contributed by atoms with E-state index in [-0.39, 0.29) is 41.4 Å². The third-order valence-electron chi connectivity index (χ3n) is 6.57. The number of nitrogens with one attached hydrogen (secondary N) is 2. The number of hydrogen-bond donors (Lipinski definition) is 2. The monoisotopic (exact) mass is 459 g/mol. The van der Waals surface area contributed by atoms with Gasteiger partial charge in [0.15, 0.2) is 16.9 Å².